The van der Waals surface area contributed by atoms with E-state index in [0.29, 0.717) is 67.6 Å². The number of ether oxygens (including phenoxy) is 1. The third-order valence-electron chi connectivity index (χ3n) is 7.35. The Kier molecular flexibility index (Phi) is 7.99. The standard InChI is InChI=1S/C28H34F2N6O2/c1-18(33-23-14-21(29)13-22(30)15-23)24-11-20(28(37)36-5-3-19(4-6-36)16-31-2)12-25-27(24)34-26(17-32-25)35-7-9-38-10-8-35/h11-15,17-19,31,33H,3-10,16H2,1-2H3. The van der Waals surface area contributed by atoms with E-state index in [4.69, 9.17) is 9.72 Å². The maximum atomic E-state index is 13.9. The van der Waals surface area contributed by atoms with Gasteiger partial charge in [-0.25, -0.2) is 13.8 Å². The molecule has 38 heavy (non-hydrogen) atoms. The molecule has 0 bridgehead atoms. The number of rotatable bonds is 7. The molecule has 2 saturated heterocycles. The predicted molar refractivity (Wildman–Crippen MR) is 144 cm³/mol. The Morgan fingerprint density at radius 2 is 1.79 bits per heavy atom. The molecular formula is C28H34F2N6O2. The maximum Gasteiger partial charge on any atom is 0.253 e. The highest BCUT2D eigenvalue weighted by Crippen LogP contribution is 2.30. The quantitative estimate of drug-likeness (QED) is 0.484. The van der Waals surface area contributed by atoms with Gasteiger partial charge in [-0.05, 0) is 63.5 Å². The summed E-state index contributed by atoms with van der Waals surface area (Å²) in [5.74, 6) is -0.0680. The highest BCUT2D eigenvalue weighted by molar-refractivity contribution is 5.98. The number of hydrogen-bond acceptors (Lipinski definition) is 7. The number of benzene rings is 2. The van der Waals surface area contributed by atoms with Gasteiger partial charge in [0.15, 0.2) is 0 Å². The van der Waals surface area contributed by atoms with Gasteiger partial charge in [0.25, 0.3) is 5.91 Å². The van der Waals surface area contributed by atoms with Crippen LogP contribution in [0.5, 0.6) is 0 Å². The Balaban J connectivity index is 1.49. The third kappa shape index (κ3) is 5.86. The molecule has 5 rings (SSSR count). The van der Waals surface area contributed by atoms with Crippen molar-refractivity contribution in [3.8, 4) is 0 Å². The van der Waals surface area contributed by atoms with Crippen molar-refractivity contribution in [2.24, 2.45) is 5.92 Å². The van der Waals surface area contributed by atoms with Crippen LogP contribution in [0.25, 0.3) is 11.0 Å². The zero-order chi connectivity index (χ0) is 26.6. The first kappa shape index (κ1) is 26.2. The van der Waals surface area contributed by atoms with Gasteiger partial charge in [0.05, 0.1) is 36.5 Å². The number of fused-ring (bicyclic) bond motifs is 1. The molecule has 1 atom stereocenters. The van der Waals surface area contributed by atoms with E-state index in [1.807, 2.05) is 24.9 Å². The second-order valence-electron chi connectivity index (χ2n) is 10.1. The van der Waals surface area contributed by atoms with Crippen LogP contribution in [0.4, 0.5) is 20.3 Å². The smallest absolute Gasteiger partial charge is 0.253 e. The number of nitrogens with zero attached hydrogens (tertiary/aromatic N) is 4. The minimum atomic E-state index is -0.662. The van der Waals surface area contributed by atoms with E-state index >= 15 is 0 Å². The van der Waals surface area contributed by atoms with Crippen LogP contribution in [-0.2, 0) is 4.74 Å². The minimum absolute atomic E-state index is 0.0425. The Hall–Kier alpha value is -3.37. The number of likely N-dealkylation sites (tertiary alicyclic amines) is 1. The number of piperidine rings is 1. The number of carbonyl (C=O) groups is 1. The van der Waals surface area contributed by atoms with Crippen LogP contribution in [0.3, 0.4) is 0 Å². The molecule has 8 nitrogen and oxygen atoms in total. The number of carbonyl (C=O) groups excluding carboxylic acids is 1. The average Bonchev–Trinajstić information content (AvgIpc) is 2.92. The highest BCUT2D eigenvalue weighted by atomic mass is 19.1. The molecule has 2 N–H and O–H groups in total. The highest BCUT2D eigenvalue weighted by Gasteiger charge is 2.25. The van der Waals surface area contributed by atoms with Crippen molar-refractivity contribution in [1.29, 1.82) is 0 Å². The molecule has 2 aromatic carbocycles. The van der Waals surface area contributed by atoms with Gasteiger partial charge in [-0.1, -0.05) is 0 Å². The van der Waals surface area contributed by atoms with Gasteiger partial charge in [0, 0.05) is 49.1 Å². The molecule has 0 radical (unpaired) electrons. The van der Waals surface area contributed by atoms with Gasteiger partial charge < -0.3 is 25.2 Å². The summed E-state index contributed by atoms with van der Waals surface area (Å²) < 4.78 is 33.2. The molecule has 1 unspecified atom stereocenters. The summed E-state index contributed by atoms with van der Waals surface area (Å²) in [5, 5.41) is 6.41. The van der Waals surface area contributed by atoms with E-state index in [0.717, 1.165) is 36.8 Å². The predicted octanol–water partition coefficient (Wildman–Crippen LogP) is 3.99. The summed E-state index contributed by atoms with van der Waals surface area (Å²) in [6, 6.07) is 6.57. The van der Waals surface area contributed by atoms with Gasteiger partial charge in [-0.15, -0.1) is 0 Å². The molecule has 1 amide bonds. The Labute approximate surface area is 221 Å². The van der Waals surface area contributed by atoms with Crippen molar-refractivity contribution < 1.29 is 18.3 Å². The van der Waals surface area contributed by atoms with Gasteiger partial charge in [-0.2, -0.15) is 0 Å². The van der Waals surface area contributed by atoms with E-state index in [1.165, 1.54) is 12.1 Å². The number of morpholine rings is 1. The fourth-order valence-electron chi connectivity index (χ4n) is 5.31. The van der Waals surface area contributed by atoms with Crippen LogP contribution in [0.1, 0.15) is 41.7 Å². The Bertz CT molecular complexity index is 1270. The van der Waals surface area contributed by atoms with Crippen LogP contribution in [-0.4, -0.2) is 73.8 Å². The van der Waals surface area contributed by atoms with Crippen LogP contribution >= 0.6 is 0 Å². The Morgan fingerprint density at radius 1 is 1.08 bits per heavy atom. The lowest BCUT2D eigenvalue weighted by Gasteiger charge is -2.32. The summed E-state index contributed by atoms with van der Waals surface area (Å²) in [6.07, 6.45) is 3.65. The number of nitrogens with one attached hydrogen (secondary N) is 2. The van der Waals surface area contributed by atoms with Gasteiger partial charge in [-0.3, -0.25) is 9.78 Å². The van der Waals surface area contributed by atoms with E-state index in [9.17, 15) is 13.6 Å². The molecule has 3 aromatic rings. The van der Waals surface area contributed by atoms with Crippen molar-refractivity contribution in [3.05, 3.63) is 59.3 Å². The molecule has 202 valence electrons. The number of amides is 1. The largest absolute Gasteiger partial charge is 0.378 e. The Morgan fingerprint density at radius 3 is 2.47 bits per heavy atom. The fraction of sp³-hybridized carbons (Fsp3) is 0.464. The average molecular weight is 525 g/mol. The van der Waals surface area contributed by atoms with Crippen molar-refractivity contribution in [3.63, 3.8) is 0 Å². The first-order valence-electron chi connectivity index (χ1n) is 13.2. The van der Waals surface area contributed by atoms with Crippen molar-refractivity contribution in [2.75, 3.05) is 63.2 Å². The van der Waals surface area contributed by atoms with Gasteiger partial charge in [0.1, 0.15) is 17.5 Å². The lowest BCUT2D eigenvalue weighted by Crippen LogP contribution is -2.40. The number of anilines is 2. The number of halogens is 2. The molecule has 0 spiro atoms. The molecule has 3 heterocycles. The summed E-state index contributed by atoms with van der Waals surface area (Å²) in [4.78, 5) is 27.2. The molecule has 1 aromatic heterocycles. The molecular weight excluding hydrogens is 490 g/mol. The molecule has 2 aliphatic heterocycles. The maximum absolute atomic E-state index is 13.9. The van der Waals surface area contributed by atoms with Crippen LogP contribution in [0.2, 0.25) is 0 Å². The summed E-state index contributed by atoms with van der Waals surface area (Å²) in [6.45, 7) is 6.92. The first-order chi connectivity index (χ1) is 18.4. The third-order valence-corrected chi connectivity index (χ3v) is 7.35. The van der Waals surface area contributed by atoms with Crippen molar-refractivity contribution in [2.45, 2.75) is 25.8 Å². The topological polar surface area (TPSA) is 82.6 Å². The van der Waals surface area contributed by atoms with E-state index in [-0.39, 0.29) is 5.91 Å². The lowest BCUT2D eigenvalue weighted by molar-refractivity contribution is 0.0691. The second-order valence-corrected chi connectivity index (χ2v) is 10.1. The monoisotopic (exact) mass is 524 g/mol. The van der Waals surface area contributed by atoms with Crippen LogP contribution < -0.4 is 15.5 Å². The first-order valence-corrected chi connectivity index (χ1v) is 13.2. The number of aromatic nitrogens is 2. The second kappa shape index (κ2) is 11.6. The zero-order valence-electron chi connectivity index (χ0n) is 21.8. The van der Waals surface area contributed by atoms with Crippen molar-refractivity contribution in [1.82, 2.24) is 20.2 Å². The summed E-state index contributed by atoms with van der Waals surface area (Å²) in [5.41, 5.74) is 2.83. The van der Waals surface area contributed by atoms with E-state index < -0.39 is 17.7 Å². The normalized spacial score (nSPS) is 17.6. The zero-order valence-corrected chi connectivity index (χ0v) is 21.8. The van der Waals surface area contributed by atoms with Crippen molar-refractivity contribution >= 4 is 28.4 Å². The minimum Gasteiger partial charge on any atom is -0.378 e. The van der Waals surface area contributed by atoms with E-state index in [2.05, 4.69) is 20.5 Å². The molecule has 0 aliphatic carbocycles. The SMILES string of the molecule is CNCC1CCN(C(=O)c2cc(C(C)Nc3cc(F)cc(F)c3)c3nc(N4CCOCC4)cnc3c2)CC1. The van der Waals surface area contributed by atoms with Crippen LogP contribution in [0.15, 0.2) is 36.5 Å². The van der Waals surface area contributed by atoms with Gasteiger partial charge in [0.2, 0.25) is 0 Å². The van der Waals surface area contributed by atoms with Gasteiger partial charge >= 0.3 is 0 Å². The number of hydrogen-bond donors (Lipinski definition) is 2. The summed E-state index contributed by atoms with van der Waals surface area (Å²) >= 11 is 0. The molecule has 10 heteroatoms. The lowest BCUT2D eigenvalue weighted by atomic mass is 9.95. The van der Waals surface area contributed by atoms with Crippen LogP contribution in [0, 0.1) is 17.6 Å². The van der Waals surface area contributed by atoms with E-state index in [1.54, 1.807) is 12.3 Å². The fourth-order valence-corrected chi connectivity index (χ4v) is 5.31. The molecule has 2 fully saturated rings. The molecule has 2 aliphatic rings. The molecule has 0 saturated carbocycles. The summed E-state index contributed by atoms with van der Waals surface area (Å²) in [7, 11) is 1.95.